The van der Waals surface area contributed by atoms with Crippen LogP contribution in [0.1, 0.15) is 11.1 Å². The molecule has 6 nitrogen and oxygen atoms in total. The fraction of sp³-hybridized carbons (Fsp3) is 0.278. The van der Waals surface area contributed by atoms with Crippen LogP contribution in [-0.2, 0) is 27.7 Å². The number of amides is 1. The van der Waals surface area contributed by atoms with Crippen LogP contribution in [0.4, 0.5) is 14.5 Å². The first-order valence-corrected chi connectivity index (χ1v) is 9.69. The molecule has 0 saturated heterocycles. The van der Waals surface area contributed by atoms with E-state index in [0.29, 0.717) is 24.2 Å². The number of benzene rings is 2. The zero-order valence-corrected chi connectivity index (χ0v) is 15.3. The average Bonchev–Trinajstić information content (AvgIpc) is 3.06. The topological polar surface area (TPSA) is 75.7 Å². The Morgan fingerprint density at radius 2 is 1.93 bits per heavy atom. The second-order valence-electron chi connectivity index (χ2n) is 5.99. The predicted molar refractivity (Wildman–Crippen MR) is 95.5 cm³/mol. The maximum Gasteiger partial charge on any atom is 0.387 e. The maximum atomic E-state index is 12.6. The minimum absolute atomic E-state index is 0.0333. The molecule has 1 aliphatic rings. The van der Waals surface area contributed by atoms with Crippen LogP contribution in [0.5, 0.6) is 5.75 Å². The van der Waals surface area contributed by atoms with E-state index in [-0.39, 0.29) is 23.0 Å². The Morgan fingerprint density at radius 1 is 1.22 bits per heavy atom. The number of sulfonamides is 1. The van der Waals surface area contributed by atoms with Gasteiger partial charge in [-0.2, -0.15) is 8.78 Å². The normalized spacial score (nSPS) is 13.7. The fourth-order valence-corrected chi connectivity index (χ4v) is 3.76. The van der Waals surface area contributed by atoms with Crippen molar-refractivity contribution in [3.05, 3.63) is 53.6 Å². The number of carbonyl (C=O) groups is 1. The molecular formula is C18H18F2N2O4S. The molecule has 1 amide bonds. The van der Waals surface area contributed by atoms with E-state index in [1.54, 1.807) is 29.2 Å². The molecule has 0 unspecified atom stereocenters. The quantitative estimate of drug-likeness (QED) is 0.813. The smallest absolute Gasteiger partial charge is 0.387 e. The largest absolute Gasteiger partial charge is 0.435 e. The number of anilines is 1. The van der Waals surface area contributed by atoms with E-state index in [4.69, 9.17) is 0 Å². The number of halogens is 2. The summed E-state index contributed by atoms with van der Waals surface area (Å²) in [6.07, 6.45) is 0.667. The predicted octanol–water partition coefficient (Wildman–Crippen LogP) is 2.33. The lowest BCUT2D eigenvalue weighted by atomic mass is 10.1. The highest BCUT2D eigenvalue weighted by atomic mass is 32.2. The minimum Gasteiger partial charge on any atom is -0.435 e. The number of carbonyl (C=O) groups excluding carboxylic acids is 1. The molecule has 3 rings (SSSR count). The van der Waals surface area contributed by atoms with E-state index in [1.807, 2.05) is 0 Å². The Kier molecular flexibility index (Phi) is 5.43. The van der Waals surface area contributed by atoms with Crippen LogP contribution in [0.15, 0.2) is 47.4 Å². The minimum atomic E-state index is -3.54. The van der Waals surface area contributed by atoms with Crippen LogP contribution in [0.25, 0.3) is 0 Å². The van der Waals surface area contributed by atoms with Gasteiger partial charge in [0.05, 0.1) is 11.3 Å². The summed E-state index contributed by atoms with van der Waals surface area (Å²) in [6, 6.07) is 10.6. The van der Waals surface area contributed by atoms with Crippen molar-refractivity contribution in [3.63, 3.8) is 0 Å². The van der Waals surface area contributed by atoms with Gasteiger partial charge < -0.3 is 9.64 Å². The number of hydrogen-bond donors (Lipinski definition) is 1. The van der Waals surface area contributed by atoms with Crippen LogP contribution >= 0.6 is 0 Å². The zero-order valence-electron chi connectivity index (χ0n) is 14.5. The zero-order chi connectivity index (χ0) is 19.6. The lowest BCUT2D eigenvalue weighted by Gasteiger charge is -2.18. The number of alkyl halides is 2. The van der Waals surface area contributed by atoms with Crippen molar-refractivity contribution in [1.82, 2.24) is 4.72 Å². The van der Waals surface area contributed by atoms with Gasteiger partial charge in [0.15, 0.2) is 0 Å². The van der Waals surface area contributed by atoms with Crippen LogP contribution in [0, 0.1) is 0 Å². The third kappa shape index (κ3) is 4.25. The summed E-state index contributed by atoms with van der Waals surface area (Å²) in [6.45, 7) is -2.43. The van der Waals surface area contributed by atoms with E-state index in [0.717, 1.165) is 5.56 Å². The van der Waals surface area contributed by atoms with E-state index in [1.165, 1.54) is 25.2 Å². The van der Waals surface area contributed by atoms with Gasteiger partial charge >= 0.3 is 6.61 Å². The van der Waals surface area contributed by atoms with Gasteiger partial charge in [-0.15, -0.1) is 0 Å². The summed E-state index contributed by atoms with van der Waals surface area (Å²) in [7, 11) is -2.19. The summed E-state index contributed by atoms with van der Waals surface area (Å²) in [5.41, 5.74) is 2.15. The highest BCUT2D eigenvalue weighted by molar-refractivity contribution is 7.89. The lowest BCUT2D eigenvalue weighted by molar-refractivity contribution is -0.117. The Labute approximate surface area is 155 Å². The van der Waals surface area contributed by atoms with Gasteiger partial charge in [-0.3, -0.25) is 4.79 Å². The van der Waals surface area contributed by atoms with Crippen molar-refractivity contribution in [2.24, 2.45) is 0 Å². The van der Waals surface area contributed by atoms with Crippen molar-refractivity contribution >= 4 is 21.6 Å². The summed E-state index contributed by atoms with van der Waals surface area (Å²) >= 11 is 0. The van der Waals surface area contributed by atoms with Crippen LogP contribution in [0.2, 0.25) is 0 Å². The molecule has 144 valence electrons. The molecule has 0 bridgehead atoms. The van der Waals surface area contributed by atoms with E-state index in [2.05, 4.69) is 9.46 Å². The van der Waals surface area contributed by atoms with Crippen LogP contribution < -0.4 is 14.4 Å². The van der Waals surface area contributed by atoms with Crippen molar-refractivity contribution in [2.45, 2.75) is 24.3 Å². The second kappa shape index (κ2) is 7.61. The Balaban J connectivity index is 1.73. The third-order valence-corrected chi connectivity index (χ3v) is 5.74. The molecule has 0 atom stereocenters. The van der Waals surface area contributed by atoms with Crippen molar-refractivity contribution in [1.29, 1.82) is 0 Å². The number of fused-ring (bicyclic) bond motifs is 1. The van der Waals surface area contributed by atoms with Gasteiger partial charge in [-0.25, -0.2) is 13.1 Å². The molecular weight excluding hydrogens is 378 g/mol. The van der Waals surface area contributed by atoms with Gasteiger partial charge in [0.2, 0.25) is 15.9 Å². The van der Waals surface area contributed by atoms with Gasteiger partial charge in [0.25, 0.3) is 0 Å². The van der Waals surface area contributed by atoms with Crippen molar-refractivity contribution in [3.8, 4) is 5.75 Å². The third-order valence-electron chi connectivity index (χ3n) is 4.33. The number of nitrogens with zero attached hydrogens (tertiary/aromatic N) is 1. The second-order valence-corrected chi connectivity index (χ2v) is 7.88. The van der Waals surface area contributed by atoms with E-state index < -0.39 is 16.6 Å². The summed E-state index contributed by atoms with van der Waals surface area (Å²) in [5.74, 6) is -0.119. The van der Waals surface area contributed by atoms with E-state index >= 15 is 0 Å². The molecule has 9 heteroatoms. The Bertz CT molecular complexity index is 946. The average molecular weight is 396 g/mol. The van der Waals surface area contributed by atoms with Crippen molar-refractivity contribution < 1.29 is 26.7 Å². The fourth-order valence-electron chi connectivity index (χ4n) is 2.98. The first kappa shape index (κ1) is 19.2. The van der Waals surface area contributed by atoms with E-state index in [9.17, 15) is 22.0 Å². The SMILES string of the molecule is CNS(=O)(=O)c1ccc2c(c1)CCN2C(=O)Cc1ccc(OC(F)F)cc1. The summed E-state index contributed by atoms with van der Waals surface area (Å²) < 4.78 is 54.7. The molecule has 0 radical (unpaired) electrons. The van der Waals surface area contributed by atoms with Gasteiger partial charge in [-0.1, -0.05) is 12.1 Å². The highest BCUT2D eigenvalue weighted by Gasteiger charge is 2.26. The molecule has 1 heterocycles. The molecule has 0 saturated carbocycles. The molecule has 1 aliphatic heterocycles. The molecule has 2 aromatic carbocycles. The van der Waals surface area contributed by atoms with Crippen molar-refractivity contribution in [2.75, 3.05) is 18.5 Å². The standard InChI is InChI=1S/C18H18F2N2O4S/c1-21-27(24,25)15-6-7-16-13(11-15)8-9-22(16)17(23)10-12-2-4-14(5-3-12)26-18(19)20/h2-7,11,18,21H,8-10H2,1H3. The Morgan fingerprint density at radius 3 is 2.56 bits per heavy atom. The van der Waals surface area contributed by atoms with Gasteiger partial charge in [0.1, 0.15) is 5.75 Å². The molecule has 1 N–H and O–H groups in total. The molecule has 0 aromatic heterocycles. The Hall–Kier alpha value is -2.52. The summed E-state index contributed by atoms with van der Waals surface area (Å²) in [5, 5.41) is 0. The van der Waals surface area contributed by atoms with Gasteiger partial charge in [-0.05, 0) is 54.9 Å². The molecule has 2 aromatic rings. The van der Waals surface area contributed by atoms with Crippen LogP contribution in [0.3, 0.4) is 0 Å². The number of ether oxygens (including phenoxy) is 1. The highest BCUT2D eigenvalue weighted by Crippen LogP contribution is 2.30. The monoisotopic (exact) mass is 396 g/mol. The molecule has 0 fully saturated rings. The summed E-state index contributed by atoms with van der Waals surface area (Å²) in [4.78, 5) is 14.4. The maximum absolute atomic E-state index is 12.6. The first-order chi connectivity index (χ1) is 12.8. The van der Waals surface area contributed by atoms with Crippen LogP contribution in [-0.4, -0.2) is 34.5 Å². The first-order valence-electron chi connectivity index (χ1n) is 8.21. The lowest BCUT2D eigenvalue weighted by Crippen LogP contribution is -2.30. The number of rotatable bonds is 6. The van der Waals surface area contributed by atoms with Gasteiger partial charge in [0, 0.05) is 12.2 Å². The molecule has 27 heavy (non-hydrogen) atoms. The number of nitrogens with one attached hydrogen (secondary N) is 1. The molecule has 0 aliphatic carbocycles. The number of hydrogen-bond acceptors (Lipinski definition) is 4. The molecule has 0 spiro atoms.